The summed E-state index contributed by atoms with van der Waals surface area (Å²) in [6.45, 7) is 0. The highest BCUT2D eigenvalue weighted by molar-refractivity contribution is 7.92. The van der Waals surface area contributed by atoms with Crippen LogP contribution in [0.1, 0.15) is 0 Å². The molecule has 0 nitrogen and oxygen atoms in total. The summed E-state index contributed by atoms with van der Waals surface area (Å²) in [6.07, 6.45) is 0. The van der Waals surface area contributed by atoms with Crippen LogP contribution >= 0.6 is 0 Å². The van der Waals surface area contributed by atoms with Gasteiger partial charge in [0.15, 0.2) is 0 Å². The van der Waals surface area contributed by atoms with Gasteiger partial charge in [-0.25, -0.2) is 0 Å². The Bertz CT molecular complexity index is 166. The van der Waals surface area contributed by atoms with E-state index >= 15 is 0 Å². The third kappa shape index (κ3) is 1.47. The molecular weight excluding hydrogens is 283 g/mol. The van der Waals surface area contributed by atoms with Gasteiger partial charge in [-0.15, -0.1) is 0 Å². The highest BCUT2D eigenvalue weighted by atomic mass is 30.2. The molecule has 0 saturated carbocycles. The summed E-state index contributed by atoms with van der Waals surface area (Å²) >= 11 is 0. The smallest absolute Gasteiger partial charge is 0.274 e. The molecule has 0 spiro atoms. The summed E-state index contributed by atoms with van der Waals surface area (Å²) in [6, 6.07) is 0. The third-order valence-electron chi connectivity index (χ3n) is 1.23. The van der Waals surface area contributed by atoms with E-state index < -0.39 is 49.0 Å². The standard InChI is InChI=1S/F6Si6/c1-10(2)8-7-9-11(3,4)12(10,5)6. The maximum absolute atomic E-state index is 12.5. The van der Waals surface area contributed by atoms with Crippen molar-refractivity contribution in [1.82, 2.24) is 0 Å². The Hall–Kier alpha value is 0.881. The lowest BCUT2D eigenvalue weighted by atomic mass is 18.7. The average molecular weight is 283 g/mol. The molecule has 1 aliphatic rings. The molecule has 1 saturated heterocycles. The van der Waals surface area contributed by atoms with Crippen molar-refractivity contribution in [2.75, 3.05) is 0 Å². The number of hydrogen-bond acceptors (Lipinski definition) is 0. The molecule has 6 radical (unpaired) electrons. The molecule has 12 heteroatoms. The van der Waals surface area contributed by atoms with Gasteiger partial charge in [0.2, 0.25) is 0 Å². The van der Waals surface area contributed by atoms with Crippen molar-refractivity contribution in [3.8, 4) is 0 Å². The van der Waals surface area contributed by atoms with E-state index in [0.29, 0.717) is 0 Å². The van der Waals surface area contributed by atoms with Crippen LogP contribution in [0.2, 0.25) is 0 Å². The van der Waals surface area contributed by atoms with Gasteiger partial charge >= 0.3 is 23.3 Å². The topological polar surface area (TPSA) is 0 Å². The fraction of sp³-hybridized carbons (Fsp3) is 0. The van der Waals surface area contributed by atoms with Crippen molar-refractivity contribution in [2.24, 2.45) is 0 Å². The van der Waals surface area contributed by atoms with Gasteiger partial charge < -0.3 is 0 Å². The molecule has 1 fully saturated rings. The van der Waals surface area contributed by atoms with Gasteiger partial charge in [0, 0.05) is 8.55 Å². The lowest BCUT2D eigenvalue weighted by molar-refractivity contribution is 0.563. The van der Waals surface area contributed by atoms with E-state index in [2.05, 4.69) is 0 Å². The van der Waals surface area contributed by atoms with Gasteiger partial charge in [0.1, 0.15) is 0 Å². The zero-order chi connectivity index (χ0) is 9.62. The molecular formula is F6Si6. The minimum absolute atomic E-state index is 0.595. The largest absolute Gasteiger partial charge is 0.517 e. The summed E-state index contributed by atoms with van der Waals surface area (Å²) in [4.78, 5) is 0. The Kier molecular flexibility index (Phi) is 2.68. The SMILES string of the molecule is F[Si]1(F)[Si][Si][Si][Si](F)(F)[Si]1(F)F. The first-order valence-corrected chi connectivity index (χ1v) is 16.9. The minimum Gasteiger partial charge on any atom is -0.274 e. The third-order valence-corrected chi connectivity index (χ3v) is 48.3. The minimum atomic E-state index is -6.40. The maximum Gasteiger partial charge on any atom is 0.517 e. The van der Waals surface area contributed by atoms with Crippen LogP contribution in [-0.4, -0.2) is 49.0 Å². The number of hydrogen-bond donors (Lipinski definition) is 0. The molecule has 0 aliphatic carbocycles. The second-order valence-electron chi connectivity index (χ2n) is 2.10. The fourth-order valence-corrected chi connectivity index (χ4v) is 70.5. The first-order valence-electron chi connectivity index (χ1n) is 2.63. The van der Waals surface area contributed by atoms with E-state index in [9.17, 15) is 24.6 Å². The Morgan fingerprint density at radius 2 is 1.00 bits per heavy atom. The van der Waals surface area contributed by atoms with Gasteiger partial charge in [0.25, 0.3) is 0 Å². The van der Waals surface area contributed by atoms with Crippen molar-refractivity contribution in [2.45, 2.75) is 0 Å². The highest BCUT2D eigenvalue weighted by Gasteiger charge is 2.82. The van der Waals surface area contributed by atoms with Crippen LogP contribution in [0.15, 0.2) is 0 Å². The van der Waals surface area contributed by atoms with E-state index in [1.807, 2.05) is 0 Å². The van der Waals surface area contributed by atoms with E-state index in [-0.39, 0.29) is 0 Å². The van der Waals surface area contributed by atoms with E-state index in [4.69, 9.17) is 0 Å². The molecule has 66 valence electrons. The fourth-order valence-electron chi connectivity index (χ4n) is 0.542. The van der Waals surface area contributed by atoms with Crippen LogP contribution in [0, 0.1) is 0 Å². The summed E-state index contributed by atoms with van der Waals surface area (Å²) in [5.41, 5.74) is 0. The molecule has 0 unspecified atom stereocenters. The Labute approximate surface area is 74.0 Å². The monoisotopic (exact) mass is 282 g/mol. The number of rotatable bonds is 0. The van der Waals surface area contributed by atoms with Crippen LogP contribution < -0.4 is 0 Å². The van der Waals surface area contributed by atoms with Crippen LogP contribution in [-0.2, 0) is 0 Å². The molecule has 1 aliphatic heterocycles. The molecule has 0 aromatic rings. The quantitative estimate of drug-likeness (QED) is 0.339. The normalized spacial score (nSPS) is 31.5. The van der Waals surface area contributed by atoms with Crippen LogP contribution in [0.4, 0.5) is 24.6 Å². The lowest BCUT2D eigenvalue weighted by Crippen LogP contribution is -2.78. The summed E-state index contributed by atoms with van der Waals surface area (Å²) < 4.78 is 75.1. The van der Waals surface area contributed by atoms with E-state index in [1.165, 1.54) is 0 Å². The van der Waals surface area contributed by atoms with Gasteiger partial charge in [-0.2, -0.15) is 0 Å². The van der Waals surface area contributed by atoms with Gasteiger partial charge in [-0.1, -0.05) is 0 Å². The molecule has 0 amide bonds. The molecule has 0 N–H and O–H groups in total. The molecule has 1 heterocycles. The van der Waals surface area contributed by atoms with Gasteiger partial charge in [-0.05, 0) is 0 Å². The average Bonchev–Trinajstić information content (AvgIpc) is 1.83. The van der Waals surface area contributed by atoms with Crippen LogP contribution in [0.3, 0.4) is 0 Å². The highest BCUT2D eigenvalue weighted by Crippen LogP contribution is 2.35. The van der Waals surface area contributed by atoms with Crippen molar-refractivity contribution < 1.29 is 24.6 Å². The second-order valence-corrected chi connectivity index (χ2v) is 31.1. The predicted molar refractivity (Wildman–Crippen MR) is 41.2 cm³/mol. The van der Waals surface area contributed by atoms with E-state index in [1.54, 1.807) is 0 Å². The van der Waals surface area contributed by atoms with Crippen molar-refractivity contribution in [3.05, 3.63) is 0 Å². The first-order chi connectivity index (χ1) is 5.21. The molecule has 0 aromatic heterocycles. The van der Waals surface area contributed by atoms with Crippen LogP contribution in [0.25, 0.3) is 0 Å². The second kappa shape index (κ2) is 2.94. The number of halogens is 6. The Morgan fingerprint density at radius 1 is 0.667 bits per heavy atom. The van der Waals surface area contributed by atoms with Gasteiger partial charge in [0.05, 0.1) is 17.1 Å². The summed E-state index contributed by atoms with van der Waals surface area (Å²) in [7, 11) is -20.9. The molecule has 0 bridgehead atoms. The molecule has 12 heavy (non-hydrogen) atoms. The first kappa shape index (κ1) is 11.0. The van der Waals surface area contributed by atoms with E-state index in [0.717, 1.165) is 0 Å². The summed E-state index contributed by atoms with van der Waals surface area (Å²) in [5, 5.41) is 0. The zero-order valence-electron chi connectivity index (χ0n) is 5.27. The summed E-state index contributed by atoms with van der Waals surface area (Å²) in [5.74, 6) is 0. The zero-order valence-corrected chi connectivity index (χ0v) is 11.3. The Morgan fingerprint density at radius 3 is 1.25 bits per heavy atom. The van der Waals surface area contributed by atoms with Crippen molar-refractivity contribution >= 4 is 49.0 Å². The lowest BCUT2D eigenvalue weighted by Gasteiger charge is -2.29. The molecule has 0 atom stereocenters. The Balaban J connectivity index is 2.99. The van der Waals surface area contributed by atoms with Crippen molar-refractivity contribution in [3.63, 3.8) is 0 Å². The van der Waals surface area contributed by atoms with Crippen LogP contribution in [0.5, 0.6) is 0 Å². The van der Waals surface area contributed by atoms with Gasteiger partial charge in [-0.3, -0.25) is 24.6 Å². The molecule has 1 rings (SSSR count). The van der Waals surface area contributed by atoms with Crippen molar-refractivity contribution in [1.29, 1.82) is 0 Å². The molecule has 0 aromatic carbocycles. The maximum atomic E-state index is 12.5. The predicted octanol–water partition coefficient (Wildman–Crippen LogP) is 0.236.